The lowest BCUT2D eigenvalue weighted by atomic mass is 10.0. The molecule has 3 N–H and O–H groups in total. The molecule has 0 fully saturated rings. The second-order valence-electron chi connectivity index (χ2n) is 8.08. The van der Waals surface area contributed by atoms with E-state index in [2.05, 4.69) is 10.3 Å². The lowest BCUT2D eigenvalue weighted by molar-refractivity contribution is -0.397. The topological polar surface area (TPSA) is 183 Å². The van der Waals surface area contributed by atoms with Gasteiger partial charge in [-0.15, -0.1) is 0 Å². The van der Waals surface area contributed by atoms with E-state index in [1.54, 1.807) is 19.1 Å². The smallest absolute Gasteiger partial charge is 0.394 e. The minimum Gasteiger partial charge on any atom is -0.394 e. The number of ether oxygens (including phenoxy) is 1. The van der Waals surface area contributed by atoms with Crippen molar-refractivity contribution in [1.29, 1.82) is 0 Å². The molecule has 1 unspecified atom stereocenters. The summed E-state index contributed by atoms with van der Waals surface area (Å²) in [5.74, 6) is -0.976. The molecule has 0 saturated carbocycles. The fourth-order valence-corrected chi connectivity index (χ4v) is 4.07. The molecule has 2 rings (SSSR count). The van der Waals surface area contributed by atoms with Crippen LogP contribution in [0, 0.1) is 17.0 Å². The number of aliphatic hydroxyl groups excluding tert-OH is 2. The molecule has 1 atom stereocenters. The van der Waals surface area contributed by atoms with Crippen molar-refractivity contribution in [2.45, 2.75) is 43.2 Å². The van der Waals surface area contributed by atoms with Gasteiger partial charge < -0.3 is 30.4 Å². The predicted molar refractivity (Wildman–Crippen MR) is 123 cm³/mol. The quantitative estimate of drug-likeness (QED) is 0.132. The molecule has 35 heavy (non-hydrogen) atoms. The van der Waals surface area contributed by atoms with E-state index >= 15 is 0 Å². The SMILES string of the molecule is Cc1ccc(S(=O)(=O)OCCCOCC(CO)(CO)NC(=O)CC(C)n2ccnc2[N+](=O)[O-])cc1. The fourth-order valence-electron chi connectivity index (χ4n) is 3.13. The number of nitro groups is 1. The fraction of sp³-hybridized carbons (Fsp3) is 0.524. The molecule has 0 aliphatic carbocycles. The Kier molecular flexibility index (Phi) is 10.3. The number of nitrogens with zero attached hydrogens (tertiary/aromatic N) is 3. The van der Waals surface area contributed by atoms with Crippen LogP contribution in [0.1, 0.15) is 31.4 Å². The lowest BCUT2D eigenvalue weighted by Crippen LogP contribution is -2.57. The monoisotopic (exact) mass is 514 g/mol. The number of hydrogen-bond acceptors (Lipinski definition) is 10. The zero-order chi connectivity index (χ0) is 26.1. The summed E-state index contributed by atoms with van der Waals surface area (Å²) < 4.78 is 36.0. The average Bonchev–Trinajstić information content (AvgIpc) is 3.31. The van der Waals surface area contributed by atoms with Crippen molar-refractivity contribution in [2.24, 2.45) is 0 Å². The van der Waals surface area contributed by atoms with Crippen molar-refractivity contribution < 1.29 is 37.3 Å². The summed E-state index contributed by atoms with van der Waals surface area (Å²) in [7, 11) is -3.90. The van der Waals surface area contributed by atoms with E-state index in [0.29, 0.717) is 0 Å². The number of aryl methyl sites for hydroxylation is 1. The van der Waals surface area contributed by atoms with Crippen molar-refractivity contribution in [3.63, 3.8) is 0 Å². The van der Waals surface area contributed by atoms with Gasteiger partial charge in [-0.1, -0.05) is 22.7 Å². The van der Waals surface area contributed by atoms with Gasteiger partial charge in [-0.2, -0.15) is 8.42 Å². The van der Waals surface area contributed by atoms with Gasteiger partial charge in [0.25, 0.3) is 10.1 Å². The Morgan fingerprint density at radius 2 is 1.91 bits per heavy atom. The van der Waals surface area contributed by atoms with Crippen LogP contribution in [0.4, 0.5) is 5.95 Å². The summed E-state index contributed by atoms with van der Waals surface area (Å²) in [6, 6.07) is 5.61. The summed E-state index contributed by atoms with van der Waals surface area (Å²) in [4.78, 5) is 26.5. The highest BCUT2D eigenvalue weighted by Crippen LogP contribution is 2.19. The van der Waals surface area contributed by atoms with Gasteiger partial charge in [-0.3, -0.25) is 8.98 Å². The first-order valence-corrected chi connectivity index (χ1v) is 12.2. The molecule has 194 valence electrons. The molecule has 1 aromatic heterocycles. The summed E-state index contributed by atoms with van der Waals surface area (Å²) in [6.45, 7) is 1.81. The van der Waals surface area contributed by atoms with E-state index in [4.69, 9.17) is 8.92 Å². The Morgan fingerprint density at radius 1 is 1.26 bits per heavy atom. The van der Waals surface area contributed by atoms with Crippen LogP contribution < -0.4 is 5.32 Å². The van der Waals surface area contributed by atoms with E-state index in [-0.39, 0.29) is 37.6 Å². The summed E-state index contributed by atoms with van der Waals surface area (Å²) in [6.07, 6.45) is 2.66. The molecule has 1 aromatic carbocycles. The zero-order valence-corrected chi connectivity index (χ0v) is 20.3. The molecule has 2 aromatic rings. The van der Waals surface area contributed by atoms with Crippen molar-refractivity contribution in [3.8, 4) is 0 Å². The maximum atomic E-state index is 12.5. The van der Waals surface area contributed by atoms with Gasteiger partial charge in [-0.05, 0) is 37.3 Å². The summed E-state index contributed by atoms with van der Waals surface area (Å²) >= 11 is 0. The van der Waals surface area contributed by atoms with E-state index < -0.39 is 51.7 Å². The Hall–Kier alpha value is -2.91. The highest BCUT2D eigenvalue weighted by Gasteiger charge is 2.32. The Balaban J connectivity index is 1.81. The third-order valence-corrected chi connectivity index (χ3v) is 6.46. The van der Waals surface area contributed by atoms with Gasteiger partial charge in [0, 0.05) is 6.61 Å². The number of carbonyl (C=O) groups excluding carboxylic acids is 1. The highest BCUT2D eigenvalue weighted by atomic mass is 32.2. The molecule has 0 saturated heterocycles. The summed E-state index contributed by atoms with van der Waals surface area (Å²) in [5, 5.41) is 33.0. The summed E-state index contributed by atoms with van der Waals surface area (Å²) in [5.41, 5.74) is -0.579. The van der Waals surface area contributed by atoms with Gasteiger partial charge in [-0.25, -0.2) is 4.57 Å². The molecular formula is C21H30N4O9S. The van der Waals surface area contributed by atoms with E-state index in [1.807, 2.05) is 6.92 Å². The minimum atomic E-state index is -3.90. The normalized spacial score (nSPS) is 12.9. The van der Waals surface area contributed by atoms with E-state index in [1.165, 1.54) is 29.1 Å². The van der Waals surface area contributed by atoms with Crippen molar-refractivity contribution in [1.82, 2.24) is 14.9 Å². The van der Waals surface area contributed by atoms with Gasteiger partial charge in [0.1, 0.15) is 17.9 Å². The van der Waals surface area contributed by atoms with Crippen LogP contribution in [0.5, 0.6) is 0 Å². The molecule has 0 spiro atoms. The van der Waals surface area contributed by atoms with E-state index in [9.17, 15) is 33.5 Å². The number of aliphatic hydroxyl groups is 2. The van der Waals surface area contributed by atoms with Crippen LogP contribution in [0.3, 0.4) is 0 Å². The molecule has 13 nitrogen and oxygen atoms in total. The van der Waals surface area contributed by atoms with Crippen molar-refractivity contribution >= 4 is 22.0 Å². The molecule has 0 aliphatic heterocycles. The molecule has 14 heteroatoms. The molecule has 1 heterocycles. The van der Waals surface area contributed by atoms with Crippen molar-refractivity contribution in [2.75, 3.05) is 33.0 Å². The molecule has 0 radical (unpaired) electrons. The highest BCUT2D eigenvalue weighted by molar-refractivity contribution is 7.86. The first-order chi connectivity index (χ1) is 16.5. The van der Waals surface area contributed by atoms with Gasteiger partial charge >= 0.3 is 5.95 Å². The standard InChI is InChI=1S/C21H30N4O9S/c1-16-4-6-18(7-5-16)35(31,32)34-11-3-10-33-15-21(13-26,14-27)23-19(28)12-17(2)24-9-8-22-20(24)25(29)30/h4-9,17,26-27H,3,10-15H2,1-2H3,(H,23,28). The van der Waals surface area contributed by atoms with Gasteiger partial charge in [0.05, 0.1) is 43.8 Å². The maximum absolute atomic E-state index is 12.5. The minimum absolute atomic E-state index is 0.0403. The predicted octanol–water partition coefficient (Wildman–Crippen LogP) is 0.703. The molecular weight excluding hydrogens is 484 g/mol. The largest absolute Gasteiger partial charge is 0.434 e. The van der Waals surface area contributed by atoms with Crippen LogP contribution in [-0.2, 0) is 23.8 Å². The number of aromatic nitrogens is 2. The average molecular weight is 515 g/mol. The first kappa shape index (κ1) is 28.3. The third-order valence-electron chi connectivity index (χ3n) is 5.14. The number of amides is 1. The van der Waals surface area contributed by atoms with Crippen molar-refractivity contribution in [3.05, 3.63) is 52.3 Å². The number of carbonyl (C=O) groups is 1. The Bertz CT molecular complexity index is 1080. The van der Waals surface area contributed by atoms with Gasteiger partial charge in [0.2, 0.25) is 5.91 Å². The number of benzene rings is 1. The van der Waals surface area contributed by atoms with Crippen LogP contribution in [0.15, 0.2) is 41.6 Å². The molecule has 1 amide bonds. The van der Waals surface area contributed by atoms with Crippen LogP contribution in [0.25, 0.3) is 0 Å². The number of hydrogen-bond donors (Lipinski definition) is 3. The molecule has 0 bridgehead atoms. The maximum Gasteiger partial charge on any atom is 0.434 e. The first-order valence-electron chi connectivity index (χ1n) is 10.8. The second kappa shape index (κ2) is 12.7. The van der Waals surface area contributed by atoms with Gasteiger partial charge in [0.15, 0.2) is 0 Å². The Morgan fingerprint density at radius 3 is 2.51 bits per heavy atom. The van der Waals surface area contributed by atoms with E-state index in [0.717, 1.165) is 5.56 Å². The van der Waals surface area contributed by atoms with Crippen LogP contribution in [-0.4, -0.2) is 77.6 Å². The van der Waals surface area contributed by atoms with Crippen LogP contribution >= 0.6 is 0 Å². The second-order valence-corrected chi connectivity index (χ2v) is 9.70. The van der Waals surface area contributed by atoms with Crippen LogP contribution in [0.2, 0.25) is 0 Å². The third kappa shape index (κ3) is 8.07. The zero-order valence-electron chi connectivity index (χ0n) is 19.5. The number of rotatable bonds is 15. The Labute approximate surface area is 203 Å². The lowest BCUT2D eigenvalue weighted by Gasteiger charge is -2.31. The number of imidazole rings is 1. The number of nitrogens with one attached hydrogen (secondary N) is 1. The molecule has 0 aliphatic rings.